The molecule has 0 saturated carbocycles. The summed E-state index contributed by atoms with van der Waals surface area (Å²) in [4.78, 5) is 16.2. The largest absolute Gasteiger partial charge is 0.494 e. The highest BCUT2D eigenvalue weighted by Crippen LogP contribution is 2.34. The molecule has 1 aliphatic rings. The summed E-state index contributed by atoms with van der Waals surface area (Å²) in [6.07, 6.45) is -1.60. The number of aromatic nitrogens is 1. The van der Waals surface area contributed by atoms with Crippen molar-refractivity contribution in [1.82, 2.24) is 10.1 Å². The monoisotopic (exact) mass is 379 g/mol. The number of aliphatic hydroxyl groups excluding tert-OH is 2. The molecule has 2 aromatic rings. The SMILES string of the molecule is COc1cc(-c2onc(N(C)C)c2C(=O)N2CC[C@H](O)[C@H](O)C2)ccc1F. The zero-order valence-corrected chi connectivity index (χ0v) is 15.3. The average Bonchev–Trinajstić information content (AvgIpc) is 3.09. The van der Waals surface area contributed by atoms with E-state index in [0.717, 1.165) is 0 Å². The Morgan fingerprint density at radius 1 is 1.37 bits per heavy atom. The van der Waals surface area contributed by atoms with Crippen molar-refractivity contribution >= 4 is 11.7 Å². The van der Waals surface area contributed by atoms with Crippen LogP contribution in [0.4, 0.5) is 10.2 Å². The van der Waals surface area contributed by atoms with E-state index in [-0.39, 0.29) is 35.9 Å². The van der Waals surface area contributed by atoms with E-state index in [1.54, 1.807) is 19.0 Å². The number of piperidine rings is 1. The molecule has 0 bridgehead atoms. The van der Waals surface area contributed by atoms with Crippen LogP contribution in [-0.4, -0.2) is 72.7 Å². The highest BCUT2D eigenvalue weighted by atomic mass is 19.1. The molecule has 0 spiro atoms. The number of carbonyl (C=O) groups excluding carboxylic acids is 1. The number of halogens is 1. The Labute approximate surface area is 155 Å². The number of carbonyl (C=O) groups is 1. The molecule has 9 heteroatoms. The first-order valence-corrected chi connectivity index (χ1v) is 8.49. The van der Waals surface area contributed by atoms with Gasteiger partial charge in [0.25, 0.3) is 5.91 Å². The van der Waals surface area contributed by atoms with Gasteiger partial charge in [-0.25, -0.2) is 4.39 Å². The molecule has 2 atom stereocenters. The van der Waals surface area contributed by atoms with E-state index in [4.69, 9.17) is 9.26 Å². The molecule has 8 nitrogen and oxygen atoms in total. The lowest BCUT2D eigenvalue weighted by atomic mass is 10.0. The second kappa shape index (κ2) is 7.53. The number of β-amino-alcohol motifs (C(OH)–C–C–N with tert-alkyl or cyclic N) is 1. The van der Waals surface area contributed by atoms with Gasteiger partial charge in [0.05, 0.1) is 19.3 Å². The van der Waals surface area contributed by atoms with Crippen LogP contribution in [0.25, 0.3) is 11.3 Å². The van der Waals surface area contributed by atoms with Crippen molar-refractivity contribution in [3.63, 3.8) is 0 Å². The minimum absolute atomic E-state index is 0.00419. The van der Waals surface area contributed by atoms with Crippen LogP contribution < -0.4 is 9.64 Å². The fraction of sp³-hybridized carbons (Fsp3) is 0.444. The first-order chi connectivity index (χ1) is 12.8. The summed E-state index contributed by atoms with van der Waals surface area (Å²) in [7, 11) is 4.79. The molecule has 0 radical (unpaired) electrons. The van der Waals surface area contributed by atoms with Gasteiger partial charge >= 0.3 is 0 Å². The number of methoxy groups -OCH3 is 1. The van der Waals surface area contributed by atoms with Gasteiger partial charge in [0.1, 0.15) is 5.56 Å². The summed E-state index contributed by atoms with van der Waals surface area (Å²) in [5.41, 5.74) is 0.645. The Hall–Kier alpha value is -2.65. The predicted molar refractivity (Wildman–Crippen MR) is 95.3 cm³/mol. The van der Waals surface area contributed by atoms with Gasteiger partial charge in [0.2, 0.25) is 0 Å². The van der Waals surface area contributed by atoms with Gasteiger partial charge in [0.15, 0.2) is 23.1 Å². The lowest BCUT2D eigenvalue weighted by molar-refractivity contribution is -0.0321. The summed E-state index contributed by atoms with van der Waals surface area (Å²) in [6, 6.07) is 4.13. The lowest BCUT2D eigenvalue weighted by Crippen LogP contribution is -2.49. The van der Waals surface area contributed by atoms with Gasteiger partial charge in [-0.15, -0.1) is 0 Å². The van der Waals surface area contributed by atoms with E-state index in [9.17, 15) is 19.4 Å². The molecule has 2 heterocycles. The molecule has 1 aromatic carbocycles. The van der Waals surface area contributed by atoms with Gasteiger partial charge in [0, 0.05) is 32.7 Å². The topological polar surface area (TPSA) is 99.3 Å². The van der Waals surface area contributed by atoms with E-state index < -0.39 is 18.0 Å². The Morgan fingerprint density at radius 3 is 2.74 bits per heavy atom. The lowest BCUT2D eigenvalue weighted by Gasteiger charge is -2.33. The predicted octanol–water partition coefficient (Wildman–Crippen LogP) is 1.12. The van der Waals surface area contributed by atoms with Crippen molar-refractivity contribution in [2.75, 3.05) is 39.2 Å². The standard InChI is InChI=1S/C18H22FN3O5/c1-21(2)17-15(18(25)22-7-6-12(23)13(24)9-22)16(27-20-17)10-4-5-11(19)14(8-10)26-3/h4-5,8,12-13,23-24H,6-7,9H2,1-3H3/t12-,13+/m0/s1. The minimum Gasteiger partial charge on any atom is -0.494 e. The van der Waals surface area contributed by atoms with Crippen molar-refractivity contribution in [3.05, 3.63) is 29.6 Å². The number of amides is 1. The van der Waals surface area contributed by atoms with Gasteiger partial charge < -0.3 is 29.3 Å². The van der Waals surface area contributed by atoms with Gasteiger partial charge in [-0.1, -0.05) is 5.16 Å². The van der Waals surface area contributed by atoms with Crippen LogP contribution in [0.15, 0.2) is 22.7 Å². The Balaban J connectivity index is 2.03. The fourth-order valence-electron chi connectivity index (χ4n) is 3.04. The molecule has 2 N–H and O–H groups in total. The molecule has 146 valence electrons. The number of aliphatic hydroxyl groups is 2. The number of anilines is 1. The van der Waals surface area contributed by atoms with E-state index in [1.165, 1.54) is 30.2 Å². The molecule has 3 rings (SSSR count). The number of ether oxygens (including phenoxy) is 1. The van der Waals surface area contributed by atoms with Gasteiger partial charge in [-0.2, -0.15) is 0 Å². The Bertz CT molecular complexity index is 838. The van der Waals surface area contributed by atoms with Gasteiger partial charge in [-0.05, 0) is 24.6 Å². The molecule has 1 aliphatic heterocycles. The summed E-state index contributed by atoms with van der Waals surface area (Å²) < 4.78 is 24.2. The number of hydrogen-bond acceptors (Lipinski definition) is 7. The Morgan fingerprint density at radius 2 is 2.11 bits per heavy atom. The molecule has 0 aliphatic carbocycles. The van der Waals surface area contributed by atoms with Crippen LogP contribution >= 0.6 is 0 Å². The zero-order valence-electron chi connectivity index (χ0n) is 15.3. The van der Waals surface area contributed by atoms with Crippen LogP contribution in [0.3, 0.4) is 0 Å². The van der Waals surface area contributed by atoms with Crippen molar-refractivity contribution in [2.45, 2.75) is 18.6 Å². The fourth-order valence-corrected chi connectivity index (χ4v) is 3.04. The van der Waals surface area contributed by atoms with E-state index in [0.29, 0.717) is 17.9 Å². The molecule has 1 aromatic heterocycles. The van der Waals surface area contributed by atoms with Crippen molar-refractivity contribution in [2.24, 2.45) is 0 Å². The van der Waals surface area contributed by atoms with Crippen molar-refractivity contribution < 1.29 is 28.7 Å². The highest BCUT2D eigenvalue weighted by Gasteiger charge is 2.34. The number of hydrogen-bond donors (Lipinski definition) is 2. The summed E-state index contributed by atoms with van der Waals surface area (Å²) in [5, 5.41) is 23.6. The van der Waals surface area contributed by atoms with Crippen LogP contribution in [0, 0.1) is 5.82 Å². The van der Waals surface area contributed by atoms with E-state index >= 15 is 0 Å². The average molecular weight is 379 g/mol. The van der Waals surface area contributed by atoms with Crippen LogP contribution in [-0.2, 0) is 0 Å². The molecular formula is C18H22FN3O5. The third-order valence-corrected chi connectivity index (χ3v) is 4.56. The summed E-state index contributed by atoms with van der Waals surface area (Å²) in [5.74, 6) is -0.398. The Kier molecular flexibility index (Phi) is 5.33. The number of benzene rings is 1. The maximum Gasteiger partial charge on any atom is 0.261 e. The second-order valence-electron chi connectivity index (χ2n) is 6.63. The first kappa shape index (κ1) is 19.1. The third-order valence-electron chi connectivity index (χ3n) is 4.56. The van der Waals surface area contributed by atoms with Crippen LogP contribution in [0.1, 0.15) is 16.8 Å². The molecule has 1 saturated heterocycles. The third kappa shape index (κ3) is 3.60. The molecule has 27 heavy (non-hydrogen) atoms. The van der Waals surface area contributed by atoms with E-state index in [2.05, 4.69) is 5.16 Å². The normalized spacial score (nSPS) is 19.9. The van der Waals surface area contributed by atoms with Crippen molar-refractivity contribution in [1.29, 1.82) is 0 Å². The highest BCUT2D eigenvalue weighted by molar-refractivity contribution is 6.04. The molecule has 1 amide bonds. The van der Waals surface area contributed by atoms with Gasteiger partial charge in [-0.3, -0.25) is 4.79 Å². The first-order valence-electron chi connectivity index (χ1n) is 8.49. The summed E-state index contributed by atoms with van der Waals surface area (Å²) >= 11 is 0. The smallest absolute Gasteiger partial charge is 0.261 e. The zero-order chi connectivity index (χ0) is 19.7. The maximum absolute atomic E-state index is 13.7. The van der Waals surface area contributed by atoms with Crippen LogP contribution in [0.2, 0.25) is 0 Å². The minimum atomic E-state index is -1.01. The number of likely N-dealkylation sites (tertiary alicyclic amines) is 1. The molecule has 1 fully saturated rings. The quantitative estimate of drug-likeness (QED) is 0.821. The molecular weight excluding hydrogens is 357 g/mol. The number of nitrogens with zero attached hydrogens (tertiary/aromatic N) is 3. The maximum atomic E-state index is 13.7. The van der Waals surface area contributed by atoms with Crippen molar-refractivity contribution in [3.8, 4) is 17.1 Å². The number of rotatable bonds is 4. The summed E-state index contributed by atoms with van der Waals surface area (Å²) in [6.45, 7) is 0.297. The molecule has 0 unspecified atom stereocenters. The van der Waals surface area contributed by atoms with E-state index in [1.807, 2.05) is 0 Å². The second-order valence-corrected chi connectivity index (χ2v) is 6.63. The van der Waals surface area contributed by atoms with Crippen LogP contribution in [0.5, 0.6) is 5.75 Å².